The second-order valence-corrected chi connectivity index (χ2v) is 6.30. The van der Waals surface area contributed by atoms with E-state index in [0.29, 0.717) is 6.54 Å². The lowest BCUT2D eigenvalue weighted by molar-refractivity contribution is -0.120. The molecule has 0 bridgehead atoms. The van der Waals surface area contributed by atoms with Crippen LogP contribution < -0.4 is 10.1 Å². The van der Waals surface area contributed by atoms with Crippen LogP contribution in [0.15, 0.2) is 42.6 Å². The maximum absolute atomic E-state index is 12.4. The normalized spacial score (nSPS) is 11.2. The molecule has 132 valence electrons. The third-order valence-corrected chi connectivity index (χ3v) is 4.54. The molecule has 1 amide bonds. The highest BCUT2D eigenvalue weighted by atomic mass is 16.5. The van der Waals surface area contributed by atoms with E-state index >= 15 is 0 Å². The van der Waals surface area contributed by atoms with E-state index in [2.05, 4.69) is 20.3 Å². The molecule has 6 heteroatoms. The van der Waals surface area contributed by atoms with E-state index in [-0.39, 0.29) is 12.3 Å². The first-order chi connectivity index (χ1) is 12.7. The number of para-hydroxylation sites is 1. The Hall–Kier alpha value is -3.28. The summed E-state index contributed by atoms with van der Waals surface area (Å²) in [6.07, 6.45) is 2.14. The van der Waals surface area contributed by atoms with Crippen molar-refractivity contribution in [3.8, 4) is 5.75 Å². The highest BCUT2D eigenvalue weighted by Crippen LogP contribution is 2.28. The molecular formula is C20H20N4O2. The number of fused-ring (bicyclic) bond motifs is 2. The summed E-state index contributed by atoms with van der Waals surface area (Å²) in [4.78, 5) is 23.4. The fourth-order valence-corrected chi connectivity index (χ4v) is 3.26. The summed E-state index contributed by atoms with van der Waals surface area (Å²) in [5.74, 6) is 1.45. The van der Waals surface area contributed by atoms with E-state index < -0.39 is 0 Å². The smallest absolute Gasteiger partial charge is 0.224 e. The van der Waals surface area contributed by atoms with Crippen LogP contribution in [0.2, 0.25) is 0 Å². The largest absolute Gasteiger partial charge is 0.496 e. The average Bonchev–Trinajstić information content (AvgIpc) is 3.25. The first kappa shape index (κ1) is 16.2. The number of nitrogens with one attached hydrogen (secondary N) is 3. The van der Waals surface area contributed by atoms with Crippen molar-refractivity contribution in [3.05, 3.63) is 59.5 Å². The third-order valence-electron chi connectivity index (χ3n) is 4.54. The minimum atomic E-state index is -0.0611. The van der Waals surface area contributed by atoms with Gasteiger partial charge in [-0.25, -0.2) is 4.98 Å². The number of carbonyl (C=O) groups is 1. The van der Waals surface area contributed by atoms with Gasteiger partial charge in [-0.3, -0.25) is 4.79 Å². The van der Waals surface area contributed by atoms with Gasteiger partial charge in [0.2, 0.25) is 5.91 Å². The minimum absolute atomic E-state index is 0.0611. The number of hydrogen-bond donors (Lipinski definition) is 3. The van der Waals surface area contributed by atoms with E-state index in [1.807, 2.05) is 49.5 Å². The number of benzene rings is 2. The topological polar surface area (TPSA) is 82.8 Å². The van der Waals surface area contributed by atoms with E-state index in [9.17, 15) is 4.79 Å². The Labute approximate surface area is 150 Å². The Bertz CT molecular complexity index is 1090. The van der Waals surface area contributed by atoms with Gasteiger partial charge in [0.25, 0.3) is 0 Å². The Kier molecular flexibility index (Phi) is 4.08. The molecule has 0 unspecified atom stereocenters. The van der Waals surface area contributed by atoms with Crippen LogP contribution in [0.25, 0.3) is 21.9 Å². The number of hydrogen-bond acceptors (Lipinski definition) is 3. The number of carbonyl (C=O) groups excluding carboxylic acids is 1. The van der Waals surface area contributed by atoms with Gasteiger partial charge in [0.15, 0.2) is 0 Å². The summed E-state index contributed by atoms with van der Waals surface area (Å²) in [7, 11) is 1.63. The number of nitrogens with zero attached hydrogens (tertiary/aromatic N) is 1. The average molecular weight is 348 g/mol. The highest BCUT2D eigenvalue weighted by Gasteiger charge is 2.13. The minimum Gasteiger partial charge on any atom is -0.496 e. The Balaban J connectivity index is 1.48. The molecule has 6 nitrogen and oxygen atoms in total. The molecule has 0 spiro atoms. The molecule has 0 saturated carbocycles. The van der Waals surface area contributed by atoms with Crippen molar-refractivity contribution in [2.45, 2.75) is 19.9 Å². The molecule has 0 atom stereocenters. The van der Waals surface area contributed by atoms with Crippen molar-refractivity contribution in [3.63, 3.8) is 0 Å². The van der Waals surface area contributed by atoms with Crippen LogP contribution in [0.4, 0.5) is 0 Å². The first-order valence-electron chi connectivity index (χ1n) is 8.49. The molecule has 0 aliphatic rings. The van der Waals surface area contributed by atoms with Crippen molar-refractivity contribution in [2.24, 2.45) is 0 Å². The number of amides is 1. The standard InChI is InChI=1S/C20H20N4O2/c1-12-5-3-7-15-20(12)24-17(23-15)11-22-18(25)9-13-10-21-14-6-4-8-16(26-2)19(13)14/h3-8,10,21H,9,11H2,1-2H3,(H,22,25)(H,23,24). The second kappa shape index (κ2) is 6.55. The molecule has 0 saturated heterocycles. The number of aryl methyl sites for hydroxylation is 1. The maximum atomic E-state index is 12.4. The van der Waals surface area contributed by atoms with Crippen molar-refractivity contribution < 1.29 is 9.53 Å². The number of rotatable bonds is 5. The van der Waals surface area contributed by atoms with Gasteiger partial charge in [-0.1, -0.05) is 18.2 Å². The number of aromatic amines is 2. The van der Waals surface area contributed by atoms with Gasteiger partial charge in [0.1, 0.15) is 11.6 Å². The second-order valence-electron chi connectivity index (χ2n) is 6.30. The molecule has 26 heavy (non-hydrogen) atoms. The fourth-order valence-electron chi connectivity index (χ4n) is 3.26. The third kappa shape index (κ3) is 2.90. The van der Waals surface area contributed by atoms with Gasteiger partial charge in [-0.05, 0) is 36.2 Å². The predicted molar refractivity (Wildman–Crippen MR) is 101 cm³/mol. The van der Waals surface area contributed by atoms with Crippen molar-refractivity contribution >= 4 is 27.8 Å². The molecule has 0 aliphatic carbocycles. The molecule has 0 radical (unpaired) electrons. The monoisotopic (exact) mass is 348 g/mol. The van der Waals surface area contributed by atoms with Crippen LogP contribution >= 0.6 is 0 Å². The molecule has 4 aromatic rings. The maximum Gasteiger partial charge on any atom is 0.224 e. The van der Waals surface area contributed by atoms with E-state index in [4.69, 9.17) is 4.74 Å². The van der Waals surface area contributed by atoms with Crippen molar-refractivity contribution in [1.82, 2.24) is 20.3 Å². The van der Waals surface area contributed by atoms with Crippen LogP contribution in [0.3, 0.4) is 0 Å². The zero-order chi connectivity index (χ0) is 18.1. The van der Waals surface area contributed by atoms with E-state index in [0.717, 1.165) is 44.6 Å². The fraction of sp³-hybridized carbons (Fsp3) is 0.200. The summed E-state index contributed by atoms with van der Waals surface area (Å²) >= 11 is 0. The van der Waals surface area contributed by atoms with Gasteiger partial charge in [-0.15, -0.1) is 0 Å². The summed E-state index contributed by atoms with van der Waals surface area (Å²) in [5.41, 5.74) is 4.91. The molecule has 2 heterocycles. The number of H-pyrrole nitrogens is 2. The molecule has 4 rings (SSSR count). The van der Waals surface area contributed by atoms with Crippen LogP contribution in [0.5, 0.6) is 5.75 Å². The number of ether oxygens (including phenoxy) is 1. The van der Waals surface area contributed by atoms with Gasteiger partial charge >= 0.3 is 0 Å². The number of imidazole rings is 1. The van der Waals surface area contributed by atoms with Gasteiger partial charge < -0.3 is 20.0 Å². The molecule has 0 fully saturated rings. The van der Waals surface area contributed by atoms with Crippen LogP contribution in [0, 0.1) is 6.92 Å². The lowest BCUT2D eigenvalue weighted by atomic mass is 10.1. The van der Waals surface area contributed by atoms with Crippen LogP contribution in [-0.4, -0.2) is 28.0 Å². The zero-order valence-electron chi connectivity index (χ0n) is 14.7. The summed E-state index contributed by atoms with van der Waals surface area (Å²) in [6.45, 7) is 2.39. The molecular weight excluding hydrogens is 328 g/mol. The Morgan fingerprint density at radius 1 is 1.19 bits per heavy atom. The molecule has 2 aromatic heterocycles. The van der Waals surface area contributed by atoms with Crippen LogP contribution in [-0.2, 0) is 17.8 Å². The molecule has 2 aromatic carbocycles. The van der Waals surface area contributed by atoms with E-state index in [1.54, 1.807) is 7.11 Å². The van der Waals surface area contributed by atoms with Crippen molar-refractivity contribution in [2.75, 3.05) is 7.11 Å². The van der Waals surface area contributed by atoms with Crippen molar-refractivity contribution in [1.29, 1.82) is 0 Å². The Morgan fingerprint density at radius 2 is 2.00 bits per heavy atom. The van der Waals surface area contributed by atoms with Gasteiger partial charge in [0, 0.05) is 17.1 Å². The van der Waals surface area contributed by atoms with Gasteiger partial charge in [0.05, 0.1) is 31.1 Å². The number of aromatic nitrogens is 3. The summed E-state index contributed by atoms with van der Waals surface area (Å²) < 4.78 is 5.42. The van der Waals surface area contributed by atoms with Crippen LogP contribution in [0.1, 0.15) is 17.0 Å². The predicted octanol–water partition coefficient (Wildman–Crippen LogP) is 3.22. The SMILES string of the molecule is COc1cccc2[nH]cc(CC(=O)NCc3nc4c(C)cccc4[nH]3)c12. The highest BCUT2D eigenvalue weighted by molar-refractivity contribution is 5.93. The summed E-state index contributed by atoms with van der Waals surface area (Å²) in [5, 5.41) is 3.88. The Morgan fingerprint density at radius 3 is 2.81 bits per heavy atom. The lowest BCUT2D eigenvalue weighted by Crippen LogP contribution is -2.25. The van der Waals surface area contributed by atoms with Gasteiger partial charge in [-0.2, -0.15) is 0 Å². The summed E-state index contributed by atoms with van der Waals surface area (Å²) in [6, 6.07) is 11.8. The quantitative estimate of drug-likeness (QED) is 0.518. The zero-order valence-corrected chi connectivity index (χ0v) is 14.7. The van der Waals surface area contributed by atoms with E-state index in [1.165, 1.54) is 0 Å². The first-order valence-corrected chi connectivity index (χ1v) is 8.49. The lowest BCUT2D eigenvalue weighted by Gasteiger charge is -2.05. The number of methoxy groups -OCH3 is 1. The molecule has 0 aliphatic heterocycles. The molecule has 3 N–H and O–H groups in total.